The Morgan fingerprint density at radius 2 is 2.06 bits per heavy atom. The Hall–Kier alpha value is -0.520. The largest absolute Gasteiger partial charge is 0.388 e. The van der Waals surface area contributed by atoms with E-state index in [4.69, 9.17) is 4.74 Å². The van der Waals surface area contributed by atoms with Crippen molar-refractivity contribution in [3.05, 3.63) is 33.8 Å². The number of halogens is 3. The van der Waals surface area contributed by atoms with E-state index in [-0.39, 0.29) is 22.6 Å². The lowest BCUT2D eigenvalue weighted by atomic mass is 10.0. The van der Waals surface area contributed by atoms with Gasteiger partial charge in [0, 0.05) is 13.5 Å². The van der Waals surface area contributed by atoms with E-state index in [1.165, 1.54) is 13.2 Å². The molecule has 1 rings (SSSR count). The lowest BCUT2D eigenvalue weighted by Gasteiger charge is -2.17. The molecule has 1 aromatic rings. The van der Waals surface area contributed by atoms with Crippen LogP contribution in [0.15, 0.2) is 16.6 Å². The smallest absolute Gasteiger partial charge is 0.146 e. The van der Waals surface area contributed by atoms with E-state index in [0.29, 0.717) is 0 Å². The Balaban J connectivity index is 2.98. The van der Waals surface area contributed by atoms with Gasteiger partial charge in [-0.15, -0.1) is 0 Å². The van der Waals surface area contributed by atoms with Crippen LogP contribution in [0.25, 0.3) is 0 Å². The Morgan fingerprint density at radius 1 is 1.44 bits per heavy atom. The number of rotatable bonds is 4. The molecule has 0 radical (unpaired) electrons. The molecule has 1 N–H and O–H groups in total. The van der Waals surface area contributed by atoms with Crippen molar-refractivity contribution in [2.45, 2.75) is 25.6 Å². The van der Waals surface area contributed by atoms with Crippen LogP contribution in [0, 0.1) is 11.6 Å². The van der Waals surface area contributed by atoms with Crippen molar-refractivity contribution in [3.8, 4) is 0 Å². The third-order valence-electron chi connectivity index (χ3n) is 2.37. The highest BCUT2D eigenvalue weighted by molar-refractivity contribution is 9.10. The highest BCUT2D eigenvalue weighted by Gasteiger charge is 2.21. The molecule has 2 unspecified atom stereocenters. The normalized spacial score (nSPS) is 14.9. The molecule has 0 heterocycles. The summed E-state index contributed by atoms with van der Waals surface area (Å²) in [4.78, 5) is 0. The summed E-state index contributed by atoms with van der Waals surface area (Å²) in [6, 6.07) is 2.38. The van der Waals surface area contributed by atoms with Crippen molar-refractivity contribution in [1.29, 1.82) is 0 Å². The minimum atomic E-state index is -1.22. The molecule has 0 fully saturated rings. The van der Waals surface area contributed by atoms with E-state index in [1.807, 2.05) is 0 Å². The van der Waals surface area contributed by atoms with Gasteiger partial charge in [0.2, 0.25) is 0 Å². The maximum Gasteiger partial charge on any atom is 0.146 e. The molecule has 0 saturated heterocycles. The Labute approximate surface area is 101 Å². The van der Waals surface area contributed by atoms with Crippen LogP contribution in [0.4, 0.5) is 8.78 Å². The van der Waals surface area contributed by atoms with Gasteiger partial charge in [-0.05, 0) is 35.0 Å². The summed E-state index contributed by atoms with van der Waals surface area (Å²) in [6.07, 6.45) is -1.35. The maximum absolute atomic E-state index is 13.6. The van der Waals surface area contributed by atoms with Crippen LogP contribution in [-0.4, -0.2) is 18.3 Å². The molecule has 2 atom stereocenters. The third-order valence-corrected chi connectivity index (χ3v) is 2.98. The number of methoxy groups -OCH3 is 1. The van der Waals surface area contributed by atoms with Gasteiger partial charge < -0.3 is 9.84 Å². The zero-order valence-corrected chi connectivity index (χ0v) is 10.6. The van der Waals surface area contributed by atoms with E-state index < -0.39 is 17.7 Å². The van der Waals surface area contributed by atoms with Crippen LogP contribution in [0.5, 0.6) is 0 Å². The fraction of sp³-hybridized carbons (Fsp3) is 0.455. The molecule has 16 heavy (non-hydrogen) atoms. The second-order valence-corrected chi connectivity index (χ2v) is 4.41. The quantitative estimate of drug-likeness (QED) is 0.864. The first-order valence-electron chi connectivity index (χ1n) is 4.81. The number of hydrogen-bond donors (Lipinski definition) is 1. The molecule has 0 saturated carbocycles. The summed E-state index contributed by atoms with van der Waals surface area (Å²) in [5.74, 6) is -1.52. The Morgan fingerprint density at radius 3 is 2.62 bits per heavy atom. The predicted octanol–water partition coefficient (Wildman–Crippen LogP) is 3.19. The van der Waals surface area contributed by atoms with Gasteiger partial charge in [-0.1, -0.05) is 0 Å². The van der Waals surface area contributed by atoms with Gasteiger partial charge in [0.1, 0.15) is 11.6 Å². The van der Waals surface area contributed by atoms with Gasteiger partial charge in [-0.3, -0.25) is 0 Å². The minimum absolute atomic E-state index is 0.132. The number of aliphatic hydroxyl groups excluding tert-OH is 1. The topological polar surface area (TPSA) is 29.5 Å². The van der Waals surface area contributed by atoms with Crippen molar-refractivity contribution in [2.75, 3.05) is 7.11 Å². The van der Waals surface area contributed by atoms with Crippen LogP contribution >= 0.6 is 15.9 Å². The minimum Gasteiger partial charge on any atom is -0.388 e. The fourth-order valence-electron chi connectivity index (χ4n) is 1.38. The molecular formula is C11H13BrF2O2. The molecule has 90 valence electrons. The average Bonchev–Trinajstić information content (AvgIpc) is 2.24. The highest BCUT2D eigenvalue weighted by atomic mass is 79.9. The summed E-state index contributed by atoms with van der Waals surface area (Å²) in [6.45, 7) is 1.72. The molecule has 0 spiro atoms. The molecule has 0 aliphatic heterocycles. The summed E-state index contributed by atoms with van der Waals surface area (Å²) in [7, 11) is 1.48. The first-order valence-corrected chi connectivity index (χ1v) is 5.61. The van der Waals surface area contributed by atoms with E-state index >= 15 is 0 Å². The molecule has 0 aliphatic carbocycles. The number of benzene rings is 1. The molecule has 0 bridgehead atoms. The molecule has 5 heteroatoms. The SMILES string of the molecule is COC(C)CC(O)c1c(F)ccc(Br)c1F. The first-order chi connectivity index (χ1) is 7.47. The van der Waals surface area contributed by atoms with E-state index in [0.717, 1.165) is 6.07 Å². The zero-order chi connectivity index (χ0) is 12.3. The van der Waals surface area contributed by atoms with E-state index in [1.54, 1.807) is 6.92 Å². The first kappa shape index (κ1) is 13.5. The lowest BCUT2D eigenvalue weighted by molar-refractivity contribution is 0.0530. The van der Waals surface area contributed by atoms with Gasteiger partial charge >= 0.3 is 0 Å². The third kappa shape index (κ3) is 2.99. The van der Waals surface area contributed by atoms with Crippen LogP contribution < -0.4 is 0 Å². The standard InChI is InChI=1S/C11H13BrF2O2/c1-6(16-2)5-9(15)10-8(13)4-3-7(12)11(10)14/h3-4,6,9,15H,5H2,1-2H3. The van der Waals surface area contributed by atoms with Crippen molar-refractivity contribution in [2.24, 2.45) is 0 Å². The second-order valence-electron chi connectivity index (χ2n) is 3.55. The highest BCUT2D eigenvalue weighted by Crippen LogP contribution is 2.29. The summed E-state index contributed by atoms with van der Waals surface area (Å²) in [5.41, 5.74) is -0.321. The molecule has 1 aromatic carbocycles. The van der Waals surface area contributed by atoms with E-state index in [2.05, 4.69) is 15.9 Å². The fourth-order valence-corrected chi connectivity index (χ4v) is 1.72. The maximum atomic E-state index is 13.6. The van der Waals surface area contributed by atoms with Crippen LogP contribution in [0.1, 0.15) is 25.0 Å². The molecule has 2 nitrogen and oxygen atoms in total. The van der Waals surface area contributed by atoms with Gasteiger partial charge in [-0.25, -0.2) is 8.78 Å². The van der Waals surface area contributed by atoms with Gasteiger partial charge in [0.05, 0.1) is 22.2 Å². The summed E-state index contributed by atoms with van der Waals surface area (Å²) in [5, 5.41) is 9.73. The van der Waals surface area contributed by atoms with Gasteiger partial charge in [0.15, 0.2) is 0 Å². The Kier molecular flexibility index (Phi) is 4.83. The molecule has 0 aliphatic rings. The number of ether oxygens (including phenoxy) is 1. The average molecular weight is 295 g/mol. The van der Waals surface area contributed by atoms with Gasteiger partial charge in [0.25, 0.3) is 0 Å². The molecule has 0 aromatic heterocycles. The molecular weight excluding hydrogens is 282 g/mol. The van der Waals surface area contributed by atoms with Crippen LogP contribution in [-0.2, 0) is 4.74 Å². The second kappa shape index (κ2) is 5.70. The van der Waals surface area contributed by atoms with Crippen LogP contribution in [0.2, 0.25) is 0 Å². The zero-order valence-electron chi connectivity index (χ0n) is 9.01. The van der Waals surface area contributed by atoms with Gasteiger partial charge in [-0.2, -0.15) is 0 Å². The van der Waals surface area contributed by atoms with Crippen molar-refractivity contribution >= 4 is 15.9 Å². The predicted molar refractivity (Wildman–Crippen MR) is 60.1 cm³/mol. The van der Waals surface area contributed by atoms with Crippen LogP contribution in [0.3, 0.4) is 0 Å². The molecule has 0 amide bonds. The van der Waals surface area contributed by atoms with Crippen molar-refractivity contribution < 1.29 is 18.6 Å². The lowest BCUT2D eigenvalue weighted by Crippen LogP contribution is -2.13. The summed E-state index contributed by atoms with van der Waals surface area (Å²) >= 11 is 2.95. The number of aliphatic hydroxyl groups is 1. The van der Waals surface area contributed by atoms with Crippen molar-refractivity contribution in [1.82, 2.24) is 0 Å². The van der Waals surface area contributed by atoms with Crippen molar-refractivity contribution in [3.63, 3.8) is 0 Å². The Bertz CT molecular complexity index is 371. The van der Waals surface area contributed by atoms with E-state index in [9.17, 15) is 13.9 Å². The monoisotopic (exact) mass is 294 g/mol. The summed E-state index contributed by atoms with van der Waals surface area (Å²) < 4.78 is 32.0. The number of hydrogen-bond acceptors (Lipinski definition) is 2.